The Balaban J connectivity index is 2.07. The van der Waals surface area contributed by atoms with Gasteiger partial charge in [0, 0.05) is 17.5 Å². The Kier molecular flexibility index (Phi) is 3.94. The first-order valence-electron chi connectivity index (χ1n) is 6.20. The molecular formula is C14H13N3OS2. The van der Waals surface area contributed by atoms with Crippen LogP contribution in [0.25, 0.3) is 11.5 Å². The molecule has 0 saturated carbocycles. The normalized spacial score (nSPS) is 12.6. The lowest BCUT2D eigenvalue weighted by Gasteiger charge is -1.99. The Morgan fingerprint density at radius 2 is 2.30 bits per heavy atom. The Labute approximate surface area is 124 Å². The zero-order chi connectivity index (χ0) is 13.8. The quantitative estimate of drug-likeness (QED) is 0.678. The third-order valence-corrected chi connectivity index (χ3v) is 4.17. The van der Waals surface area contributed by atoms with Crippen LogP contribution in [0.3, 0.4) is 0 Å². The molecule has 3 rings (SSSR count). The van der Waals surface area contributed by atoms with E-state index < -0.39 is 0 Å². The Morgan fingerprint density at radius 3 is 3.00 bits per heavy atom. The summed E-state index contributed by atoms with van der Waals surface area (Å²) in [6, 6.07) is 5.83. The highest BCUT2D eigenvalue weighted by Gasteiger charge is 2.09. The van der Waals surface area contributed by atoms with Gasteiger partial charge in [0.1, 0.15) is 5.69 Å². The molecule has 0 radical (unpaired) electrons. The van der Waals surface area contributed by atoms with Crippen molar-refractivity contribution in [3.63, 3.8) is 0 Å². The van der Waals surface area contributed by atoms with Crippen LogP contribution in [0, 0.1) is 0 Å². The van der Waals surface area contributed by atoms with Crippen LogP contribution in [-0.2, 0) is 0 Å². The summed E-state index contributed by atoms with van der Waals surface area (Å²) >= 11 is 3.21. The molecule has 0 N–H and O–H groups in total. The molecule has 3 aromatic heterocycles. The zero-order valence-corrected chi connectivity index (χ0v) is 12.5. The number of thiazole rings is 1. The highest BCUT2D eigenvalue weighted by atomic mass is 32.1. The minimum Gasteiger partial charge on any atom is -0.463 e. The Hall–Kier alpha value is -1.92. The highest BCUT2D eigenvalue weighted by molar-refractivity contribution is 7.08. The van der Waals surface area contributed by atoms with E-state index in [1.54, 1.807) is 28.9 Å². The number of rotatable bonds is 4. The third kappa shape index (κ3) is 2.66. The molecule has 0 spiro atoms. The van der Waals surface area contributed by atoms with Crippen LogP contribution in [0.15, 0.2) is 55.1 Å². The van der Waals surface area contributed by atoms with Crippen molar-refractivity contribution in [2.24, 2.45) is 10.1 Å². The Bertz CT molecular complexity index is 749. The lowest BCUT2D eigenvalue weighted by Crippen LogP contribution is -2.12. The molecular weight excluding hydrogens is 290 g/mol. The average Bonchev–Trinajstić information content (AvgIpc) is 3.19. The fourth-order valence-corrected chi connectivity index (χ4v) is 3.21. The zero-order valence-electron chi connectivity index (χ0n) is 10.9. The lowest BCUT2D eigenvalue weighted by molar-refractivity contribution is 0.575. The van der Waals surface area contributed by atoms with Gasteiger partial charge >= 0.3 is 0 Å². The molecule has 0 unspecified atom stereocenters. The number of hydrogen-bond donors (Lipinski definition) is 0. The first-order valence-corrected chi connectivity index (χ1v) is 8.02. The van der Waals surface area contributed by atoms with Crippen molar-refractivity contribution in [1.29, 1.82) is 0 Å². The van der Waals surface area contributed by atoms with Gasteiger partial charge in [-0.3, -0.25) is 4.99 Å². The molecule has 3 aromatic rings. The van der Waals surface area contributed by atoms with Crippen molar-refractivity contribution < 1.29 is 4.42 Å². The van der Waals surface area contributed by atoms with E-state index in [9.17, 15) is 0 Å². The molecule has 0 aliphatic carbocycles. The molecule has 0 aliphatic rings. The number of nitrogens with zero attached hydrogens (tertiary/aromatic N) is 3. The van der Waals surface area contributed by atoms with Crippen molar-refractivity contribution >= 4 is 28.9 Å². The standard InChI is InChI=1S/C14H13N3OS2/c1-2-15-14-17(16-8-11-5-7-19-9-11)12(10-20-14)13-4-3-6-18-13/h3-10H,2H2,1H3. The maximum atomic E-state index is 5.46. The smallest absolute Gasteiger partial charge is 0.206 e. The molecule has 3 heterocycles. The van der Waals surface area contributed by atoms with Crippen LogP contribution >= 0.6 is 22.7 Å². The second-order valence-electron chi connectivity index (χ2n) is 3.97. The summed E-state index contributed by atoms with van der Waals surface area (Å²) < 4.78 is 7.29. The van der Waals surface area contributed by atoms with E-state index in [-0.39, 0.29) is 0 Å². The molecule has 6 heteroatoms. The predicted octanol–water partition coefficient (Wildman–Crippen LogP) is 3.67. The van der Waals surface area contributed by atoms with Crippen molar-refractivity contribution in [2.75, 3.05) is 6.54 Å². The van der Waals surface area contributed by atoms with Gasteiger partial charge in [-0.25, -0.2) is 4.68 Å². The van der Waals surface area contributed by atoms with Gasteiger partial charge in [0.2, 0.25) is 4.80 Å². The summed E-state index contributed by atoms with van der Waals surface area (Å²) in [5, 5.41) is 10.6. The van der Waals surface area contributed by atoms with Crippen LogP contribution in [0.5, 0.6) is 0 Å². The number of aromatic nitrogens is 1. The third-order valence-electron chi connectivity index (χ3n) is 2.62. The minimum absolute atomic E-state index is 0.728. The van der Waals surface area contributed by atoms with Gasteiger partial charge in [-0.05, 0) is 35.9 Å². The van der Waals surface area contributed by atoms with Crippen molar-refractivity contribution in [3.8, 4) is 11.5 Å². The lowest BCUT2D eigenvalue weighted by atomic mass is 10.4. The Morgan fingerprint density at radius 1 is 1.35 bits per heavy atom. The second kappa shape index (κ2) is 6.02. The maximum Gasteiger partial charge on any atom is 0.206 e. The van der Waals surface area contributed by atoms with Crippen LogP contribution in [0.1, 0.15) is 12.5 Å². The van der Waals surface area contributed by atoms with Gasteiger partial charge < -0.3 is 4.42 Å². The van der Waals surface area contributed by atoms with Gasteiger partial charge in [-0.15, -0.1) is 11.3 Å². The van der Waals surface area contributed by atoms with E-state index in [2.05, 4.69) is 15.5 Å². The largest absolute Gasteiger partial charge is 0.463 e. The fraction of sp³-hybridized carbons (Fsp3) is 0.143. The first-order chi connectivity index (χ1) is 9.88. The summed E-state index contributed by atoms with van der Waals surface area (Å²) in [6.45, 7) is 2.74. The van der Waals surface area contributed by atoms with Crippen molar-refractivity contribution in [1.82, 2.24) is 4.68 Å². The minimum atomic E-state index is 0.728. The van der Waals surface area contributed by atoms with E-state index in [1.165, 1.54) is 0 Å². The summed E-state index contributed by atoms with van der Waals surface area (Å²) in [5.74, 6) is 0.793. The van der Waals surface area contributed by atoms with Crippen molar-refractivity contribution in [3.05, 3.63) is 51.0 Å². The van der Waals surface area contributed by atoms with E-state index in [0.717, 1.165) is 28.4 Å². The van der Waals surface area contributed by atoms with Gasteiger partial charge in [0.25, 0.3) is 0 Å². The monoisotopic (exact) mass is 303 g/mol. The summed E-state index contributed by atoms with van der Waals surface area (Å²) in [5.41, 5.74) is 2.00. The molecule has 0 aliphatic heterocycles. The maximum absolute atomic E-state index is 5.46. The summed E-state index contributed by atoms with van der Waals surface area (Å²) in [4.78, 5) is 5.33. The molecule has 20 heavy (non-hydrogen) atoms. The molecule has 0 atom stereocenters. The molecule has 102 valence electrons. The van der Waals surface area contributed by atoms with Crippen LogP contribution in [0.4, 0.5) is 0 Å². The van der Waals surface area contributed by atoms with Crippen molar-refractivity contribution in [2.45, 2.75) is 6.92 Å². The van der Waals surface area contributed by atoms with Gasteiger partial charge in [0.05, 0.1) is 12.5 Å². The second-order valence-corrected chi connectivity index (χ2v) is 5.58. The van der Waals surface area contributed by atoms with Gasteiger partial charge in [-0.2, -0.15) is 16.4 Å². The predicted molar refractivity (Wildman–Crippen MR) is 83.4 cm³/mol. The molecule has 0 bridgehead atoms. The number of thiophene rings is 1. The molecule has 0 saturated heterocycles. The van der Waals surface area contributed by atoms with E-state index in [0.29, 0.717) is 0 Å². The molecule has 0 amide bonds. The van der Waals surface area contributed by atoms with E-state index >= 15 is 0 Å². The van der Waals surface area contributed by atoms with Crippen LogP contribution < -0.4 is 4.80 Å². The van der Waals surface area contributed by atoms with Gasteiger partial charge in [-0.1, -0.05) is 0 Å². The molecule has 4 nitrogen and oxygen atoms in total. The van der Waals surface area contributed by atoms with Crippen LogP contribution in [-0.4, -0.2) is 17.4 Å². The highest BCUT2D eigenvalue weighted by Crippen LogP contribution is 2.20. The number of hydrogen-bond acceptors (Lipinski definition) is 5. The summed E-state index contributed by atoms with van der Waals surface area (Å²) in [7, 11) is 0. The van der Waals surface area contributed by atoms with E-state index in [1.807, 2.05) is 46.8 Å². The summed E-state index contributed by atoms with van der Waals surface area (Å²) in [6.07, 6.45) is 3.50. The fourth-order valence-electron chi connectivity index (χ4n) is 1.72. The average molecular weight is 303 g/mol. The van der Waals surface area contributed by atoms with Gasteiger partial charge in [0.15, 0.2) is 5.76 Å². The topological polar surface area (TPSA) is 42.8 Å². The van der Waals surface area contributed by atoms with Crippen LogP contribution in [0.2, 0.25) is 0 Å². The molecule has 0 fully saturated rings. The first kappa shape index (κ1) is 13.1. The SMILES string of the molecule is CCN=c1scc(-c2ccco2)n1N=Cc1ccsc1. The molecule has 0 aromatic carbocycles. The van der Waals surface area contributed by atoms with E-state index in [4.69, 9.17) is 4.42 Å². The number of furan rings is 1.